The lowest BCUT2D eigenvalue weighted by Gasteiger charge is -2.17. The van der Waals surface area contributed by atoms with Crippen molar-refractivity contribution in [2.24, 2.45) is 0 Å². The van der Waals surface area contributed by atoms with Gasteiger partial charge in [-0.3, -0.25) is 4.98 Å². The summed E-state index contributed by atoms with van der Waals surface area (Å²) in [6.45, 7) is 1.29. The Morgan fingerprint density at radius 3 is 2.71 bits per heavy atom. The smallest absolute Gasteiger partial charge is 0.328 e. The average molecular weight is 289 g/mol. The van der Waals surface area contributed by atoms with Gasteiger partial charge in [0.15, 0.2) is 6.04 Å². The minimum Gasteiger partial charge on any atom is -0.480 e. The van der Waals surface area contributed by atoms with Crippen LogP contribution in [0.25, 0.3) is 10.8 Å². The molecule has 7 heteroatoms. The van der Waals surface area contributed by atoms with Crippen LogP contribution < -0.4 is 10.6 Å². The van der Waals surface area contributed by atoms with Crippen molar-refractivity contribution in [2.75, 3.05) is 5.32 Å². The Hall–Kier alpha value is -2.67. The molecule has 0 spiro atoms. The van der Waals surface area contributed by atoms with E-state index >= 15 is 0 Å². The van der Waals surface area contributed by atoms with Crippen LogP contribution in [0.5, 0.6) is 0 Å². The number of nitrogens with one attached hydrogen (secondary N) is 2. The summed E-state index contributed by atoms with van der Waals surface area (Å²) in [5.41, 5.74) is 0.507. The third kappa shape index (κ3) is 3.46. The molecule has 0 aliphatic carbocycles. The van der Waals surface area contributed by atoms with Crippen LogP contribution in [0.1, 0.15) is 6.92 Å². The van der Waals surface area contributed by atoms with Gasteiger partial charge in [-0.2, -0.15) is 0 Å². The summed E-state index contributed by atoms with van der Waals surface area (Å²) in [5, 5.41) is 24.7. The lowest BCUT2D eigenvalue weighted by molar-refractivity contribution is -0.141. The Balaban J connectivity index is 2.17. The standard InChI is InChI=1S/C14H15N3O4/c1-8(18)12(13(19)20)17-14(21)16-11-4-2-3-9-5-6-15-7-10(9)11/h2-8,12,18H,1H3,(H,19,20)(H2,16,17,21)/t8-,12+/m1/s1. The number of benzene rings is 1. The molecule has 7 nitrogen and oxygen atoms in total. The van der Waals surface area contributed by atoms with Gasteiger partial charge < -0.3 is 20.8 Å². The average Bonchev–Trinajstić information content (AvgIpc) is 2.44. The number of carbonyl (C=O) groups is 2. The molecule has 1 aromatic carbocycles. The second kappa shape index (κ2) is 6.19. The van der Waals surface area contributed by atoms with Crippen LogP contribution in [0.4, 0.5) is 10.5 Å². The van der Waals surface area contributed by atoms with Crippen LogP contribution in [0, 0.1) is 0 Å². The molecule has 2 amide bonds. The number of carboxylic acids is 1. The quantitative estimate of drug-likeness (QED) is 0.675. The fraction of sp³-hybridized carbons (Fsp3) is 0.214. The highest BCUT2D eigenvalue weighted by Gasteiger charge is 2.25. The second-order valence-electron chi connectivity index (χ2n) is 4.56. The van der Waals surface area contributed by atoms with Gasteiger partial charge in [0.05, 0.1) is 11.8 Å². The first-order chi connectivity index (χ1) is 9.99. The van der Waals surface area contributed by atoms with Crippen molar-refractivity contribution < 1.29 is 19.8 Å². The Bertz CT molecular complexity index is 667. The van der Waals surface area contributed by atoms with E-state index in [0.29, 0.717) is 5.69 Å². The molecule has 21 heavy (non-hydrogen) atoms. The van der Waals surface area contributed by atoms with E-state index in [1.165, 1.54) is 6.92 Å². The summed E-state index contributed by atoms with van der Waals surface area (Å²) >= 11 is 0. The number of anilines is 1. The van der Waals surface area contributed by atoms with Crippen LogP contribution in [0.15, 0.2) is 36.7 Å². The summed E-state index contributed by atoms with van der Waals surface area (Å²) < 4.78 is 0. The molecule has 4 N–H and O–H groups in total. The molecule has 1 aromatic heterocycles. The van der Waals surface area contributed by atoms with Gasteiger partial charge in [0, 0.05) is 17.8 Å². The van der Waals surface area contributed by atoms with Gasteiger partial charge in [0.2, 0.25) is 0 Å². The van der Waals surface area contributed by atoms with Crippen molar-refractivity contribution in [3.8, 4) is 0 Å². The Labute approximate surface area is 120 Å². The number of aliphatic hydroxyl groups excluding tert-OH is 1. The first-order valence-corrected chi connectivity index (χ1v) is 6.30. The van der Waals surface area contributed by atoms with E-state index in [-0.39, 0.29) is 0 Å². The second-order valence-corrected chi connectivity index (χ2v) is 4.56. The first kappa shape index (κ1) is 14.7. The lowest BCUT2D eigenvalue weighted by Crippen LogP contribution is -2.49. The van der Waals surface area contributed by atoms with Crippen molar-refractivity contribution in [1.29, 1.82) is 0 Å². The number of fused-ring (bicyclic) bond motifs is 1. The fourth-order valence-electron chi connectivity index (χ4n) is 1.91. The van der Waals surface area contributed by atoms with Crippen LogP contribution in [0.2, 0.25) is 0 Å². The minimum absolute atomic E-state index is 0.507. The molecule has 0 unspecified atom stereocenters. The number of carbonyl (C=O) groups excluding carboxylic acids is 1. The number of nitrogens with zero attached hydrogens (tertiary/aromatic N) is 1. The number of aromatic nitrogens is 1. The fourth-order valence-corrected chi connectivity index (χ4v) is 1.91. The molecular weight excluding hydrogens is 274 g/mol. The highest BCUT2D eigenvalue weighted by Crippen LogP contribution is 2.21. The molecule has 0 saturated heterocycles. The molecule has 110 valence electrons. The number of amides is 2. The van der Waals surface area contributed by atoms with Gasteiger partial charge in [-0.1, -0.05) is 12.1 Å². The van der Waals surface area contributed by atoms with Gasteiger partial charge in [-0.05, 0) is 24.4 Å². The number of pyridine rings is 1. The maximum Gasteiger partial charge on any atom is 0.328 e. The zero-order valence-corrected chi connectivity index (χ0v) is 11.3. The predicted octanol–water partition coefficient (Wildman–Crippen LogP) is 1.19. The van der Waals surface area contributed by atoms with Crippen LogP contribution in [-0.4, -0.2) is 39.3 Å². The number of aliphatic carboxylic acids is 1. The van der Waals surface area contributed by atoms with E-state index in [2.05, 4.69) is 15.6 Å². The van der Waals surface area contributed by atoms with E-state index in [4.69, 9.17) is 5.11 Å². The summed E-state index contributed by atoms with van der Waals surface area (Å²) in [4.78, 5) is 26.8. The maximum atomic E-state index is 11.9. The van der Waals surface area contributed by atoms with Crippen molar-refractivity contribution in [1.82, 2.24) is 10.3 Å². The minimum atomic E-state index is -1.38. The predicted molar refractivity (Wildman–Crippen MR) is 77.0 cm³/mol. The number of hydrogen-bond acceptors (Lipinski definition) is 4. The zero-order chi connectivity index (χ0) is 15.4. The number of rotatable bonds is 4. The summed E-state index contributed by atoms with van der Waals surface area (Å²) in [7, 11) is 0. The Morgan fingerprint density at radius 1 is 1.29 bits per heavy atom. The lowest BCUT2D eigenvalue weighted by atomic mass is 10.1. The monoisotopic (exact) mass is 289 g/mol. The van der Waals surface area contributed by atoms with Gasteiger partial charge in [0.25, 0.3) is 0 Å². The molecule has 0 saturated carbocycles. The molecule has 2 atom stereocenters. The topological polar surface area (TPSA) is 112 Å². The highest BCUT2D eigenvalue weighted by molar-refractivity contribution is 6.01. The summed E-state index contributed by atoms with van der Waals surface area (Å²) in [5.74, 6) is -1.31. The zero-order valence-electron chi connectivity index (χ0n) is 11.3. The van der Waals surface area contributed by atoms with Crippen molar-refractivity contribution in [2.45, 2.75) is 19.1 Å². The molecule has 0 aliphatic heterocycles. The molecule has 1 heterocycles. The molecule has 2 aromatic rings. The summed E-state index contributed by atoms with van der Waals surface area (Å²) in [6.07, 6.45) is 2.04. The first-order valence-electron chi connectivity index (χ1n) is 6.30. The van der Waals surface area contributed by atoms with E-state index in [1.807, 2.05) is 6.07 Å². The third-order valence-electron chi connectivity index (χ3n) is 2.97. The molecular formula is C14H15N3O4. The van der Waals surface area contributed by atoms with Gasteiger partial charge in [-0.25, -0.2) is 9.59 Å². The van der Waals surface area contributed by atoms with Crippen LogP contribution >= 0.6 is 0 Å². The number of urea groups is 1. The van der Waals surface area contributed by atoms with Gasteiger partial charge >= 0.3 is 12.0 Å². The maximum absolute atomic E-state index is 11.9. The van der Waals surface area contributed by atoms with Crippen LogP contribution in [0.3, 0.4) is 0 Å². The highest BCUT2D eigenvalue weighted by atomic mass is 16.4. The SMILES string of the molecule is C[C@@H](O)[C@H](NC(=O)Nc1cccc2ccncc12)C(=O)O. The number of hydrogen-bond donors (Lipinski definition) is 4. The van der Waals surface area contributed by atoms with Gasteiger partial charge in [-0.15, -0.1) is 0 Å². The summed E-state index contributed by atoms with van der Waals surface area (Å²) in [6, 6.07) is 5.03. The molecule has 0 radical (unpaired) electrons. The number of aliphatic hydroxyl groups is 1. The third-order valence-corrected chi connectivity index (χ3v) is 2.97. The van der Waals surface area contributed by atoms with Crippen molar-refractivity contribution >= 4 is 28.5 Å². The Kier molecular flexibility index (Phi) is 4.34. The van der Waals surface area contributed by atoms with E-state index < -0.39 is 24.1 Å². The molecule has 0 aliphatic rings. The van der Waals surface area contributed by atoms with Gasteiger partial charge in [0.1, 0.15) is 0 Å². The normalized spacial score (nSPS) is 13.4. The molecule has 0 bridgehead atoms. The van der Waals surface area contributed by atoms with Crippen molar-refractivity contribution in [3.63, 3.8) is 0 Å². The number of carboxylic acid groups (broad SMARTS) is 1. The van der Waals surface area contributed by atoms with Crippen molar-refractivity contribution in [3.05, 3.63) is 36.7 Å². The largest absolute Gasteiger partial charge is 0.480 e. The Morgan fingerprint density at radius 2 is 2.05 bits per heavy atom. The van der Waals surface area contributed by atoms with Crippen LogP contribution in [-0.2, 0) is 4.79 Å². The molecule has 2 rings (SSSR count). The molecule has 0 fully saturated rings. The van der Waals surface area contributed by atoms with E-state index in [0.717, 1.165) is 10.8 Å². The van der Waals surface area contributed by atoms with E-state index in [1.54, 1.807) is 30.6 Å². The van der Waals surface area contributed by atoms with E-state index in [9.17, 15) is 14.7 Å².